The molecule has 0 unspecified atom stereocenters. The molecule has 1 aromatic carbocycles. The number of nitrogens with zero attached hydrogens (tertiary/aromatic N) is 3. The molecule has 2 aromatic rings. The maximum atomic E-state index is 12.5. The van der Waals surface area contributed by atoms with Crippen LogP contribution in [-0.2, 0) is 32.4 Å². The lowest BCUT2D eigenvalue weighted by Crippen LogP contribution is -2.32. The lowest BCUT2D eigenvalue weighted by molar-refractivity contribution is -0.664. The Labute approximate surface area is 217 Å². The summed E-state index contributed by atoms with van der Waals surface area (Å²) in [7, 11) is -4.49. The molecule has 1 saturated heterocycles. The van der Waals surface area contributed by atoms with Crippen LogP contribution in [0.15, 0.2) is 33.8 Å². The van der Waals surface area contributed by atoms with Gasteiger partial charge in [-0.3, -0.25) is 4.55 Å². The summed E-state index contributed by atoms with van der Waals surface area (Å²) in [5, 5.41) is 1.26. The Morgan fingerprint density at radius 1 is 1.31 bits per heavy atom. The number of imidazole rings is 1. The van der Waals surface area contributed by atoms with Crippen molar-refractivity contribution in [3.05, 3.63) is 45.2 Å². The molecular weight excluding hydrogens is 558 g/mol. The molecule has 1 aromatic heterocycles. The van der Waals surface area contributed by atoms with Gasteiger partial charge in [0.1, 0.15) is 0 Å². The lowest BCUT2D eigenvalue weighted by Gasteiger charge is -2.15. The number of aromatic nitrogens is 2. The molecule has 3 heterocycles. The number of rotatable bonds is 9. The second-order valence-electron chi connectivity index (χ2n) is 8.15. The monoisotopic (exact) mass is 586 g/mol. The molecule has 9 nitrogen and oxygen atoms in total. The standard InChI is InChI=1S/C23H28BrN3O6S2/c1-3-25-11-13-34-21(25)7-6-16-8-10-27-20-15-18(24)17(23(28)32-4-2)14-19(20)26(22(16)27)9-5-12-33-35(29,30)31/h6-7,14-15H,3-5,8-13H2,1-2H3/p+1. The number of allylic oxidation sites excluding steroid dienone is 3. The topological polar surface area (TPSA) is 102 Å². The van der Waals surface area contributed by atoms with Gasteiger partial charge in [-0.05, 0) is 41.9 Å². The Hall–Kier alpha value is -1.86. The first-order valence-corrected chi connectivity index (χ1v) is 14.7. The number of carbonyl (C=O) groups excluding carboxylic acids is 1. The fourth-order valence-corrected chi connectivity index (χ4v) is 6.42. The number of esters is 1. The van der Waals surface area contributed by atoms with Crippen molar-refractivity contribution >= 4 is 60.7 Å². The van der Waals surface area contributed by atoms with E-state index in [4.69, 9.17) is 9.29 Å². The van der Waals surface area contributed by atoms with Gasteiger partial charge < -0.3 is 9.64 Å². The summed E-state index contributed by atoms with van der Waals surface area (Å²) >= 11 is 5.38. The molecule has 35 heavy (non-hydrogen) atoms. The summed E-state index contributed by atoms with van der Waals surface area (Å²) in [6.07, 6.45) is 5.57. The molecule has 1 N–H and O–H groups in total. The Bertz CT molecular complexity index is 1300. The average molecular weight is 588 g/mol. The van der Waals surface area contributed by atoms with Crippen LogP contribution in [0.4, 0.5) is 0 Å². The van der Waals surface area contributed by atoms with E-state index in [0.29, 0.717) is 23.0 Å². The van der Waals surface area contributed by atoms with E-state index < -0.39 is 16.4 Å². The van der Waals surface area contributed by atoms with Crippen molar-refractivity contribution in [1.82, 2.24) is 9.47 Å². The van der Waals surface area contributed by atoms with Crippen molar-refractivity contribution in [3.63, 3.8) is 0 Å². The van der Waals surface area contributed by atoms with E-state index in [-0.39, 0.29) is 13.2 Å². The third-order valence-corrected chi connectivity index (χ3v) is 8.23. The molecule has 12 heteroatoms. The highest BCUT2D eigenvalue weighted by Gasteiger charge is 2.34. The van der Waals surface area contributed by atoms with Gasteiger partial charge in [-0.15, -0.1) is 11.8 Å². The molecule has 0 bridgehead atoms. The van der Waals surface area contributed by atoms with Gasteiger partial charge in [-0.2, -0.15) is 8.42 Å². The molecule has 0 spiro atoms. The first kappa shape index (κ1) is 26.2. The summed E-state index contributed by atoms with van der Waals surface area (Å²) < 4.78 is 45.6. The van der Waals surface area contributed by atoms with Crippen molar-refractivity contribution < 1.29 is 31.3 Å². The van der Waals surface area contributed by atoms with Crippen molar-refractivity contribution in [2.24, 2.45) is 0 Å². The minimum atomic E-state index is -4.49. The minimum absolute atomic E-state index is 0.148. The minimum Gasteiger partial charge on any atom is -0.462 e. The molecule has 2 aliphatic heterocycles. The first-order valence-electron chi connectivity index (χ1n) is 11.6. The fraction of sp³-hybridized carbons (Fsp3) is 0.478. The molecule has 1 fully saturated rings. The third-order valence-electron chi connectivity index (χ3n) is 6.03. The number of thioether (sulfide) groups is 1. The Kier molecular flexibility index (Phi) is 8.26. The number of hydrogen-bond acceptors (Lipinski definition) is 7. The van der Waals surface area contributed by atoms with Crippen LogP contribution in [0.5, 0.6) is 0 Å². The van der Waals surface area contributed by atoms with E-state index in [1.54, 1.807) is 6.92 Å². The van der Waals surface area contributed by atoms with Crippen LogP contribution in [0.2, 0.25) is 0 Å². The number of hydrogen-bond donors (Lipinski definition) is 1. The van der Waals surface area contributed by atoms with Crippen molar-refractivity contribution in [1.29, 1.82) is 0 Å². The lowest BCUT2D eigenvalue weighted by atomic mass is 10.1. The number of ether oxygens (including phenoxy) is 1. The second kappa shape index (κ2) is 11.0. The van der Waals surface area contributed by atoms with E-state index in [1.807, 2.05) is 23.9 Å². The van der Waals surface area contributed by atoms with Gasteiger partial charge in [0.2, 0.25) is 0 Å². The van der Waals surface area contributed by atoms with Crippen LogP contribution in [0.1, 0.15) is 42.9 Å². The van der Waals surface area contributed by atoms with Gasteiger partial charge in [-0.25, -0.2) is 18.1 Å². The van der Waals surface area contributed by atoms with Crippen LogP contribution in [-0.4, -0.2) is 60.5 Å². The molecule has 0 aliphatic carbocycles. The maximum Gasteiger partial charge on any atom is 0.397 e. The van der Waals surface area contributed by atoms with Crippen LogP contribution in [0.25, 0.3) is 16.6 Å². The van der Waals surface area contributed by atoms with E-state index in [9.17, 15) is 13.2 Å². The first-order chi connectivity index (χ1) is 16.7. The maximum absolute atomic E-state index is 12.5. The Morgan fingerprint density at radius 2 is 2.11 bits per heavy atom. The zero-order valence-electron chi connectivity index (χ0n) is 19.7. The van der Waals surface area contributed by atoms with Gasteiger partial charge in [0, 0.05) is 53.9 Å². The summed E-state index contributed by atoms with van der Waals surface area (Å²) in [6, 6.07) is 3.75. The molecule has 0 saturated carbocycles. The van der Waals surface area contributed by atoms with Crippen molar-refractivity contribution in [2.75, 3.05) is 32.1 Å². The quantitative estimate of drug-likeness (QED) is 0.205. The van der Waals surface area contributed by atoms with Crippen molar-refractivity contribution in [2.45, 2.75) is 39.8 Å². The summed E-state index contributed by atoms with van der Waals surface area (Å²) in [6.45, 7) is 7.31. The highest BCUT2D eigenvalue weighted by molar-refractivity contribution is 9.10. The number of fused-ring (bicyclic) bond motifs is 3. The summed E-state index contributed by atoms with van der Waals surface area (Å²) in [4.78, 5) is 14.9. The summed E-state index contributed by atoms with van der Waals surface area (Å²) in [5.41, 5.74) is 3.42. The van der Waals surface area contributed by atoms with Gasteiger partial charge >= 0.3 is 16.4 Å². The third kappa shape index (κ3) is 5.77. The van der Waals surface area contributed by atoms with Crippen LogP contribution >= 0.6 is 27.7 Å². The van der Waals surface area contributed by atoms with Crippen LogP contribution in [0, 0.1) is 0 Å². The van der Waals surface area contributed by atoms with Crippen LogP contribution < -0.4 is 4.57 Å². The molecule has 4 rings (SSSR count). The highest BCUT2D eigenvalue weighted by atomic mass is 79.9. The second-order valence-corrected chi connectivity index (χ2v) is 11.2. The normalized spacial score (nSPS) is 18.2. The zero-order valence-corrected chi connectivity index (χ0v) is 22.9. The highest BCUT2D eigenvalue weighted by Crippen LogP contribution is 2.33. The molecule has 0 radical (unpaired) electrons. The molecule has 0 amide bonds. The summed E-state index contributed by atoms with van der Waals surface area (Å²) in [5.74, 6) is 1.69. The largest absolute Gasteiger partial charge is 0.462 e. The van der Waals surface area contributed by atoms with Crippen molar-refractivity contribution in [3.8, 4) is 0 Å². The number of halogens is 1. The zero-order chi connectivity index (χ0) is 25.2. The van der Waals surface area contributed by atoms with Gasteiger partial charge in [0.25, 0.3) is 5.82 Å². The van der Waals surface area contributed by atoms with E-state index in [0.717, 1.165) is 48.7 Å². The number of benzene rings is 1. The average Bonchev–Trinajstić information content (AvgIpc) is 3.50. The van der Waals surface area contributed by atoms with E-state index in [2.05, 4.69) is 53.2 Å². The van der Waals surface area contributed by atoms with Gasteiger partial charge in [-0.1, -0.05) is 0 Å². The van der Waals surface area contributed by atoms with E-state index >= 15 is 0 Å². The van der Waals surface area contributed by atoms with Crippen LogP contribution in [0.3, 0.4) is 0 Å². The smallest absolute Gasteiger partial charge is 0.397 e. The predicted octanol–water partition coefficient (Wildman–Crippen LogP) is 3.77. The molecule has 0 atom stereocenters. The SMILES string of the molecule is CCOC(=O)c1cc2c(cc1Br)[n+]1c(n2CCCOS(=O)(=O)O)C(=CC=C2SCCN2CC)CC1. The predicted molar refractivity (Wildman–Crippen MR) is 138 cm³/mol. The molecule has 190 valence electrons. The Balaban J connectivity index is 1.77. The van der Waals surface area contributed by atoms with E-state index in [1.165, 1.54) is 10.6 Å². The fourth-order valence-electron chi connectivity index (χ4n) is 4.51. The Morgan fingerprint density at radius 3 is 2.83 bits per heavy atom. The van der Waals surface area contributed by atoms with Gasteiger partial charge in [0.15, 0.2) is 11.0 Å². The molecule has 2 aliphatic rings. The van der Waals surface area contributed by atoms with Gasteiger partial charge in [0.05, 0.1) is 36.9 Å². The number of carbonyl (C=O) groups is 1. The molecular formula is C23H29BrN3O6S2+. The number of aryl methyl sites for hydroxylation is 2.